The number of aliphatic hydroxyl groups is 2. The molecule has 1 saturated carbocycles. The lowest BCUT2D eigenvalue weighted by atomic mass is 9.72. The van der Waals surface area contributed by atoms with Crippen molar-refractivity contribution in [2.45, 2.75) is 76.0 Å². The number of benzene rings is 2. The topological polar surface area (TPSA) is 96.0 Å². The molecule has 1 aliphatic carbocycles. The molecule has 4 rings (SSSR count). The van der Waals surface area contributed by atoms with E-state index in [2.05, 4.69) is 31.2 Å². The molecule has 1 aliphatic heterocycles. The summed E-state index contributed by atoms with van der Waals surface area (Å²) in [6.07, 6.45) is 4.79. The second-order valence-corrected chi connectivity index (χ2v) is 11.7. The van der Waals surface area contributed by atoms with E-state index in [-0.39, 0.29) is 23.8 Å². The van der Waals surface area contributed by atoms with Crippen molar-refractivity contribution in [1.29, 1.82) is 0 Å². The minimum Gasteiger partial charge on any atom is -0.391 e. The molecular formula is C31H43ClN2O4. The molecule has 0 aromatic heterocycles. The Morgan fingerprint density at radius 2 is 2.00 bits per heavy atom. The zero-order valence-electron chi connectivity index (χ0n) is 22.7. The average Bonchev–Trinajstić information content (AvgIpc) is 3.25. The molecule has 0 radical (unpaired) electrons. The van der Waals surface area contributed by atoms with Crippen LogP contribution >= 0.6 is 11.6 Å². The second-order valence-electron chi connectivity index (χ2n) is 11.3. The molecule has 2 aromatic carbocycles. The summed E-state index contributed by atoms with van der Waals surface area (Å²) >= 11 is 6.81. The first-order valence-electron chi connectivity index (χ1n) is 14.0. The smallest absolute Gasteiger partial charge is 0.225 e. The highest BCUT2D eigenvalue weighted by Gasteiger charge is 2.44. The van der Waals surface area contributed by atoms with Crippen LogP contribution in [0, 0.1) is 18.8 Å². The SMILES string of the molecule is COCCCC[C@@](O)(c1cccc(Cl)c1Cc1cccc(C)c1)C1CCCN(C(=O)[C@H]2C[C@@H](N)[C@@H](O)C2)C1. The largest absolute Gasteiger partial charge is 0.391 e. The number of ether oxygens (including phenoxy) is 1. The lowest BCUT2D eigenvalue weighted by Gasteiger charge is -2.44. The number of likely N-dealkylation sites (tertiary alicyclic amines) is 1. The zero-order chi connectivity index (χ0) is 27.3. The minimum absolute atomic E-state index is 0.0505. The minimum atomic E-state index is -1.14. The summed E-state index contributed by atoms with van der Waals surface area (Å²) in [5, 5.41) is 23.4. The maximum absolute atomic E-state index is 13.4. The Balaban J connectivity index is 1.64. The molecule has 1 unspecified atom stereocenters. The number of aliphatic hydroxyl groups excluding tert-OH is 1. The number of hydrogen-bond acceptors (Lipinski definition) is 5. The first kappa shape index (κ1) is 29.0. The van der Waals surface area contributed by atoms with Crippen LogP contribution in [0.5, 0.6) is 0 Å². The van der Waals surface area contributed by atoms with Gasteiger partial charge in [-0.05, 0) is 81.0 Å². The lowest BCUT2D eigenvalue weighted by molar-refractivity contribution is -0.141. The number of carbonyl (C=O) groups is 1. The van der Waals surface area contributed by atoms with Crippen LogP contribution in [0.4, 0.5) is 0 Å². The van der Waals surface area contributed by atoms with E-state index in [0.717, 1.165) is 42.4 Å². The van der Waals surface area contributed by atoms with Crippen LogP contribution in [0.3, 0.4) is 0 Å². The number of hydrogen-bond donors (Lipinski definition) is 3. The van der Waals surface area contributed by atoms with Crippen molar-refractivity contribution in [3.8, 4) is 0 Å². The van der Waals surface area contributed by atoms with Crippen molar-refractivity contribution in [2.75, 3.05) is 26.8 Å². The van der Waals surface area contributed by atoms with Crippen LogP contribution < -0.4 is 5.73 Å². The van der Waals surface area contributed by atoms with Gasteiger partial charge in [0.15, 0.2) is 0 Å². The molecule has 5 atom stereocenters. The normalized spacial score (nSPS) is 25.4. The van der Waals surface area contributed by atoms with Crippen molar-refractivity contribution >= 4 is 17.5 Å². The summed E-state index contributed by atoms with van der Waals surface area (Å²) in [4.78, 5) is 15.3. The monoisotopic (exact) mass is 542 g/mol. The third-order valence-electron chi connectivity index (χ3n) is 8.54. The quantitative estimate of drug-likeness (QED) is 0.382. The van der Waals surface area contributed by atoms with E-state index in [1.54, 1.807) is 7.11 Å². The maximum atomic E-state index is 13.4. The summed E-state index contributed by atoms with van der Waals surface area (Å²) in [6, 6.07) is 13.9. The predicted octanol–water partition coefficient (Wildman–Crippen LogP) is 4.58. The summed E-state index contributed by atoms with van der Waals surface area (Å²) in [5.74, 6) is -0.330. The Labute approximate surface area is 232 Å². The Kier molecular flexibility index (Phi) is 9.88. The molecule has 7 heteroatoms. The van der Waals surface area contributed by atoms with E-state index in [4.69, 9.17) is 22.1 Å². The molecule has 4 N–H and O–H groups in total. The van der Waals surface area contributed by atoms with E-state index in [9.17, 15) is 15.0 Å². The van der Waals surface area contributed by atoms with Crippen LogP contribution in [-0.4, -0.2) is 60.0 Å². The number of unbranched alkanes of at least 4 members (excludes halogenated alkanes) is 1. The summed E-state index contributed by atoms with van der Waals surface area (Å²) in [6.45, 7) is 3.87. The fourth-order valence-electron chi connectivity index (χ4n) is 6.44. The third kappa shape index (κ3) is 6.60. The first-order chi connectivity index (χ1) is 18.2. The van der Waals surface area contributed by atoms with Gasteiger partial charge in [0, 0.05) is 49.7 Å². The molecule has 1 heterocycles. The Bertz CT molecular complexity index is 1090. The van der Waals surface area contributed by atoms with Crippen molar-refractivity contribution in [1.82, 2.24) is 4.90 Å². The van der Waals surface area contributed by atoms with Gasteiger partial charge in [0.1, 0.15) is 0 Å². The molecular weight excluding hydrogens is 500 g/mol. The van der Waals surface area contributed by atoms with Crippen molar-refractivity contribution in [2.24, 2.45) is 17.6 Å². The van der Waals surface area contributed by atoms with Gasteiger partial charge < -0.3 is 25.6 Å². The standard InChI is InChI=1S/C31H43ClN2O4/c1-21-8-5-9-22(16-21)17-25-26(11-6-12-27(25)32)31(37,13-3-4-15-38-2)24-10-7-14-34(20-24)30(36)23-18-28(33)29(35)19-23/h5-6,8-9,11-12,16,23-24,28-29,35,37H,3-4,7,10,13-15,17-20,33H2,1-2H3/t23-,24?,28+,29-,31-/m0/s1. The van der Waals surface area contributed by atoms with Crippen LogP contribution in [0.15, 0.2) is 42.5 Å². The van der Waals surface area contributed by atoms with Gasteiger partial charge in [-0.1, -0.05) is 53.6 Å². The average molecular weight is 543 g/mol. The van der Waals surface area contributed by atoms with Gasteiger partial charge in [0.25, 0.3) is 0 Å². The molecule has 2 aromatic rings. The molecule has 0 bridgehead atoms. The number of rotatable bonds is 10. The molecule has 208 valence electrons. The van der Waals surface area contributed by atoms with Crippen LogP contribution in [0.1, 0.15) is 67.2 Å². The van der Waals surface area contributed by atoms with Gasteiger partial charge >= 0.3 is 0 Å². The van der Waals surface area contributed by atoms with Crippen LogP contribution in [0.25, 0.3) is 0 Å². The van der Waals surface area contributed by atoms with Crippen LogP contribution in [-0.2, 0) is 21.6 Å². The number of aryl methyl sites for hydroxylation is 1. The Hall–Kier alpha value is -1.96. The highest BCUT2D eigenvalue weighted by atomic mass is 35.5. The van der Waals surface area contributed by atoms with E-state index in [1.165, 1.54) is 5.56 Å². The lowest BCUT2D eigenvalue weighted by Crippen LogP contribution is -2.49. The summed E-state index contributed by atoms with van der Waals surface area (Å²) in [7, 11) is 1.69. The third-order valence-corrected chi connectivity index (χ3v) is 8.89. The highest BCUT2D eigenvalue weighted by molar-refractivity contribution is 6.31. The molecule has 38 heavy (non-hydrogen) atoms. The summed E-state index contributed by atoms with van der Waals surface area (Å²) < 4.78 is 5.28. The van der Waals surface area contributed by atoms with Crippen molar-refractivity contribution in [3.05, 3.63) is 69.7 Å². The number of halogens is 1. The number of piperidine rings is 1. The van der Waals surface area contributed by atoms with Gasteiger partial charge in [0.05, 0.1) is 11.7 Å². The van der Waals surface area contributed by atoms with E-state index in [1.807, 2.05) is 23.1 Å². The predicted molar refractivity (Wildman–Crippen MR) is 151 cm³/mol. The number of nitrogens with zero attached hydrogens (tertiary/aromatic N) is 1. The summed E-state index contributed by atoms with van der Waals surface area (Å²) in [5.41, 5.74) is 9.02. The molecule has 0 spiro atoms. The number of methoxy groups -OCH3 is 1. The van der Waals surface area contributed by atoms with E-state index >= 15 is 0 Å². The number of nitrogens with two attached hydrogens (primary N) is 1. The molecule has 1 amide bonds. The molecule has 2 aliphatic rings. The Morgan fingerprint density at radius 1 is 1.21 bits per heavy atom. The van der Waals surface area contributed by atoms with Crippen LogP contribution in [0.2, 0.25) is 5.02 Å². The van der Waals surface area contributed by atoms with Gasteiger partial charge in [0.2, 0.25) is 5.91 Å². The van der Waals surface area contributed by atoms with Gasteiger partial charge in [-0.3, -0.25) is 4.79 Å². The first-order valence-corrected chi connectivity index (χ1v) is 14.4. The Morgan fingerprint density at radius 3 is 2.71 bits per heavy atom. The number of carbonyl (C=O) groups excluding carboxylic acids is 1. The molecule has 1 saturated heterocycles. The zero-order valence-corrected chi connectivity index (χ0v) is 23.5. The fraction of sp³-hybridized carbons (Fsp3) is 0.581. The van der Waals surface area contributed by atoms with Gasteiger partial charge in [-0.15, -0.1) is 0 Å². The van der Waals surface area contributed by atoms with E-state index < -0.39 is 11.7 Å². The van der Waals surface area contributed by atoms with Crippen molar-refractivity contribution in [3.63, 3.8) is 0 Å². The van der Waals surface area contributed by atoms with Gasteiger partial charge in [-0.25, -0.2) is 0 Å². The second kappa shape index (κ2) is 12.9. The molecule has 6 nitrogen and oxygen atoms in total. The van der Waals surface area contributed by atoms with E-state index in [0.29, 0.717) is 50.4 Å². The van der Waals surface area contributed by atoms with Crippen molar-refractivity contribution < 1.29 is 19.7 Å². The van der Waals surface area contributed by atoms with Gasteiger partial charge in [-0.2, -0.15) is 0 Å². The molecule has 2 fully saturated rings. The maximum Gasteiger partial charge on any atom is 0.225 e. The highest BCUT2D eigenvalue weighted by Crippen LogP contribution is 2.43. The number of amides is 1. The fourth-order valence-corrected chi connectivity index (χ4v) is 6.69.